The molecule has 0 aliphatic carbocycles. The summed E-state index contributed by atoms with van der Waals surface area (Å²) in [5.74, 6) is 3.85. The minimum Gasteiger partial charge on any atom is -1.00 e. The zero-order valence-electron chi connectivity index (χ0n) is 5.60. The van der Waals surface area contributed by atoms with Crippen LogP contribution in [-0.4, -0.2) is 43.7 Å². The monoisotopic (exact) mass is 117 g/mol. The van der Waals surface area contributed by atoms with E-state index in [4.69, 9.17) is 0 Å². The van der Waals surface area contributed by atoms with E-state index in [-0.39, 0.29) is 40.6 Å². The van der Waals surface area contributed by atoms with Crippen LogP contribution in [0.25, 0.3) is 0 Å². The molecular weight excluding hydrogens is 110 g/mol. The van der Waals surface area contributed by atoms with E-state index >= 15 is 0 Å². The van der Waals surface area contributed by atoms with Crippen LogP contribution in [0.3, 0.4) is 0 Å². The molecule has 0 aromatic carbocycles. The molecular formula is C2H7CaNO2. The first-order valence-corrected chi connectivity index (χ1v) is 1.14. The number of hydrogen-bond acceptors (Lipinski definition) is 3. The summed E-state index contributed by atoms with van der Waals surface area (Å²) in [5, 5.41) is 0. The van der Waals surface area contributed by atoms with E-state index < -0.39 is 5.97 Å². The maximum Gasteiger partial charge on any atom is 2.00 e. The molecule has 0 rings (SSSR count). The van der Waals surface area contributed by atoms with Crippen LogP contribution in [0.2, 0.25) is 0 Å². The van der Waals surface area contributed by atoms with E-state index in [1.165, 1.54) is 6.92 Å². The van der Waals surface area contributed by atoms with Crippen molar-refractivity contribution >= 4 is 43.7 Å². The van der Waals surface area contributed by atoms with Gasteiger partial charge in [-0.05, 0) is 0 Å². The Kier molecular flexibility index (Phi) is 9.34. The van der Waals surface area contributed by atoms with Gasteiger partial charge in [0.15, 0.2) is 0 Å². The van der Waals surface area contributed by atoms with Crippen molar-refractivity contribution in [1.82, 2.24) is 0 Å². The van der Waals surface area contributed by atoms with Crippen molar-refractivity contribution < 1.29 is 12.5 Å². The third kappa shape index (κ3) is 8.83. The Bertz CT molecular complexity index is 53.3. The molecule has 0 saturated carbocycles. The summed E-state index contributed by atoms with van der Waals surface area (Å²) in [4.78, 5) is 13.1. The summed E-state index contributed by atoms with van der Waals surface area (Å²) in [6.07, 6.45) is 0. The van der Waals surface area contributed by atoms with E-state index in [2.05, 4.69) is 10.7 Å². The second-order valence-electron chi connectivity index (χ2n) is 0.609. The van der Waals surface area contributed by atoms with Crippen LogP contribution >= 0.6 is 0 Å². The van der Waals surface area contributed by atoms with Crippen LogP contribution in [0.5, 0.6) is 0 Å². The minimum atomic E-state index is -0.468. The average molecular weight is 117 g/mol. The van der Waals surface area contributed by atoms with Crippen molar-refractivity contribution in [3.63, 3.8) is 0 Å². The molecule has 0 radical (unpaired) electrons. The Labute approximate surface area is 68.8 Å². The predicted octanol–water partition coefficient (Wildman–Crippen LogP) is -0.733. The van der Waals surface area contributed by atoms with Gasteiger partial charge in [0.1, 0.15) is 0 Å². The molecule has 3 nitrogen and oxygen atoms in total. The maximum atomic E-state index is 9.47. The standard InChI is InChI=1S/C2H5NO2.Ca.2H/c1-2(4)5-3;;;/h3H2,1H3;;;/q;+2;2*-1. The molecule has 0 bridgehead atoms. The average Bonchev–Trinajstić information content (AvgIpc) is 1.38. The SMILES string of the molecule is CC(=O)ON.[Ca+2].[H-].[H-]. The largest absolute Gasteiger partial charge is 2.00 e. The zero-order chi connectivity index (χ0) is 4.28. The molecule has 4 heteroatoms. The van der Waals surface area contributed by atoms with Crippen molar-refractivity contribution in [2.45, 2.75) is 6.92 Å². The van der Waals surface area contributed by atoms with Crippen LogP contribution in [0, 0.1) is 0 Å². The molecule has 6 heavy (non-hydrogen) atoms. The molecule has 2 N–H and O–H groups in total. The molecule has 0 atom stereocenters. The third-order valence-corrected chi connectivity index (χ3v) is 0.166. The maximum absolute atomic E-state index is 9.47. The summed E-state index contributed by atoms with van der Waals surface area (Å²) >= 11 is 0. The minimum absolute atomic E-state index is 0. The number of carbonyl (C=O) groups excluding carboxylic acids is 1. The van der Waals surface area contributed by atoms with Crippen LogP contribution in [0.15, 0.2) is 0 Å². The van der Waals surface area contributed by atoms with Crippen molar-refractivity contribution in [2.24, 2.45) is 5.90 Å². The zero-order valence-corrected chi connectivity index (χ0v) is 5.81. The number of nitrogens with two attached hydrogens (primary N) is 1. The Hall–Kier alpha value is 0.690. The fourth-order valence-corrected chi connectivity index (χ4v) is 0. The third-order valence-electron chi connectivity index (χ3n) is 0.166. The second-order valence-corrected chi connectivity index (χ2v) is 0.609. The molecule has 0 heterocycles. The molecule has 0 spiro atoms. The van der Waals surface area contributed by atoms with Crippen molar-refractivity contribution in [3.8, 4) is 0 Å². The summed E-state index contributed by atoms with van der Waals surface area (Å²) in [5.41, 5.74) is 0. The molecule has 0 unspecified atom stereocenters. The van der Waals surface area contributed by atoms with Crippen LogP contribution in [0.1, 0.15) is 9.78 Å². The first kappa shape index (κ1) is 9.85. The Morgan fingerprint density at radius 3 is 2.17 bits per heavy atom. The molecule has 0 amide bonds. The normalized spacial score (nSPS) is 5.67. The van der Waals surface area contributed by atoms with Gasteiger partial charge in [-0.15, -0.1) is 0 Å². The van der Waals surface area contributed by atoms with E-state index in [0.717, 1.165) is 0 Å². The molecule has 34 valence electrons. The van der Waals surface area contributed by atoms with Gasteiger partial charge in [-0.1, -0.05) is 0 Å². The molecule has 0 saturated heterocycles. The van der Waals surface area contributed by atoms with Crippen molar-refractivity contribution in [3.05, 3.63) is 0 Å². The van der Waals surface area contributed by atoms with Gasteiger partial charge in [0.2, 0.25) is 0 Å². The van der Waals surface area contributed by atoms with Crippen LogP contribution in [-0.2, 0) is 9.63 Å². The second kappa shape index (κ2) is 5.69. The van der Waals surface area contributed by atoms with E-state index in [0.29, 0.717) is 0 Å². The Morgan fingerprint density at radius 1 is 2.00 bits per heavy atom. The smallest absolute Gasteiger partial charge is 1.00 e. The number of rotatable bonds is 0. The van der Waals surface area contributed by atoms with E-state index in [9.17, 15) is 4.79 Å². The molecule has 0 fully saturated rings. The molecule has 0 aromatic rings. The first-order chi connectivity index (χ1) is 2.27. The fraction of sp³-hybridized carbons (Fsp3) is 0.500. The van der Waals surface area contributed by atoms with Gasteiger partial charge >= 0.3 is 43.7 Å². The van der Waals surface area contributed by atoms with Gasteiger partial charge in [0.05, 0.1) is 0 Å². The van der Waals surface area contributed by atoms with Gasteiger partial charge < -0.3 is 7.69 Å². The summed E-state index contributed by atoms with van der Waals surface area (Å²) in [7, 11) is 0. The number of hydrogen-bond donors (Lipinski definition) is 1. The molecule has 0 aromatic heterocycles. The Morgan fingerprint density at radius 2 is 2.17 bits per heavy atom. The molecule has 0 aliphatic heterocycles. The fourth-order valence-electron chi connectivity index (χ4n) is 0. The van der Waals surface area contributed by atoms with E-state index in [1.54, 1.807) is 0 Å². The van der Waals surface area contributed by atoms with Crippen molar-refractivity contribution in [2.75, 3.05) is 0 Å². The topological polar surface area (TPSA) is 52.3 Å². The van der Waals surface area contributed by atoms with Gasteiger partial charge in [0.25, 0.3) is 0 Å². The van der Waals surface area contributed by atoms with E-state index in [1.807, 2.05) is 0 Å². The molecule has 0 aliphatic rings. The summed E-state index contributed by atoms with van der Waals surface area (Å²) in [6.45, 7) is 1.24. The quantitative estimate of drug-likeness (QED) is 0.336. The van der Waals surface area contributed by atoms with Gasteiger partial charge in [-0.2, -0.15) is 5.90 Å². The Balaban J connectivity index is -0.0000000267. The van der Waals surface area contributed by atoms with Crippen LogP contribution < -0.4 is 5.90 Å². The summed E-state index contributed by atoms with van der Waals surface area (Å²) in [6, 6.07) is 0. The predicted molar refractivity (Wildman–Crippen MR) is 23.9 cm³/mol. The van der Waals surface area contributed by atoms with Gasteiger partial charge in [-0.25, -0.2) is 0 Å². The van der Waals surface area contributed by atoms with Gasteiger partial charge in [-0.3, -0.25) is 4.79 Å². The van der Waals surface area contributed by atoms with Crippen LogP contribution in [0.4, 0.5) is 0 Å². The van der Waals surface area contributed by atoms with Gasteiger partial charge in [0, 0.05) is 6.92 Å². The number of carbonyl (C=O) groups is 1. The first-order valence-electron chi connectivity index (χ1n) is 1.14. The van der Waals surface area contributed by atoms with Crippen molar-refractivity contribution in [1.29, 1.82) is 0 Å². The summed E-state index contributed by atoms with van der Waals surface area (Å²) < 4.78 is 0.